The summed E-state index contributed by atoms with van der Waals surface area (Å²) >= 11 is 0. The predicted octanol–water partition coefficient (Wildman–Crippen LogP) is 5.22. The van der Waals surface area contributed by atoms with Crippen molar-refractivity contribution in [1.29, 1.82) is 0 Å². The van der Waals surface area contributed by atoms with Gasteiger partial charge >= 0.3 is 6.18 Å². The van der Waals surface area contributed by atoms with Gasteiger partial charge in [-0.05, 0) is 75.4 Å². The minimum Gasteiger partial charge on any atom is -0.318 e. The second-order valence-corrected chi connectivity index (χ2v) is 12.5. The van der Waals surface area contributed by atoms with E-state index in [1.807, 2.05) is 0 Å². The Kier molecular flexibility index (Phi) is 7.31. The topological polar surface area (TPSA) is 84.3 Å². The largest absolute Gasteiger partial charge is 0.449 e. The molecule has 0 saturated carbocycles. The summed E-state index contributed by atoms with van der Waals surface area (Å²) in [6.07, 6.45) is -2.98. The first-order chi connectivity index (χ1) is 16.9. The van der Waals surface area contributed by atoms with E-state index in [1.54, 1.807) is 44.3 Å². The Bertz CT molecular complexity index is 1440. The fourth-order valence-electron chi connectivity index (χ4n) is 4.22. The van der Waals surface area contributed by atoms with Crippen LogP contribution in [0.5, 0.6) is 0 Å². The third kappa shape index (κ3) is 5.07. The molecule has 2 heterocycles. The minimum absolute atomic E-state index is 0.0720. The summed E-state index contributed by atoms with van der Waals surface area (Å²) in [5.41, 5.74) is 0.516. The molecule has 4 rings (SSSR count). The number of amides is 1. The summed E-state index contributed by atoms with van der Waals surface area (Å²) in [5.74, 6) is -1.51. The van der Waals surface area contributed by atoms with Crippen LogP contribution in [0, 0.1) is 0 Å². The lowest BCUT2D eigenvalue weighted by Gasteiger charge is -2.17. The smallest absolute Gasteiger partial charge is 0.318 e. The molecule has 1 aliphatic heterocycles. The van der Waals surface area contributed by atoms with Crippen LogP contribution in [0.2, 0.25) is 0 Å². The van der Waals surface area contributed by atoms with Crippen LogP contribution in [-0.2, 0) is 16.2 Å². The van der Waals surface area contributed by atoms with Gasteiger partial charge < -0.3 is 4.57 Å². The molecular weight excluding hydrogens is 513 g/mol. The summed E-state index contributed by atoms with van der Waals surface area (Å²) in [4.78, 5) is 17.6. The Hall–Kier alpha value is -2.70. The molecule has 12 heteroatoms. The monoisotopic (exact) mass is 540 g/mol. The zero-order valence-electron chi connectivity index (χ0n) is 20.0. The molecule has 0 bridgehead atoms. The van der Waals surface area contributed by atoms with Crippen LogP contribution in [0.1, 0.15) is 55.8 Å². The van der Waals surface area contributed by atoms with Gasteiger partial charge in [0.2, 0.25) is 15.8 Å². The molecule has 1 aliphatic rings. The van der Waals surface area contributed by atoms with Crippen molar-refractivity contribution in [2.75, 3.05) is 13.1 Å². The highest BCUT2D eigenvalue weighted by Crippen LogP contribution is 2.34. The van der Waals surface area contributed by atoms with Gasteiger partial charge in [0, 0.05) is 29.6 Å². The van der Waals surface area contributed by atoms with Crippen molar-refractivity contribution in [3.05, 3.63) is 53.9 Å². The molecule has 7 nitrogen and oxygen atoms in total. The Morgan fingerprint density at radius 1 is 1.14 bits per heavy atom. The number of nitrogens with zero attached hydrogens (tertiary/aromatic N) is 3. The van der Waals surface area contributed by atoms with Crippen molar-refractivity contribution >= 4 is 43.0 Å². The summed E-state index contributed by atoms with van der Waals surface area (Å²) in [6.45, 7) is 5.99. The fourth-order valence-corrected chi connectivity index (χ4v) is 7.17. The number of carbonyl (C=O) groups excluding carboxylic acids is 1. The first-order valence-electron chi connectivity index (χ1n) is 11.5. The number of hydrogen-bond acceptors (Lipinski definition) is 4. The van der Waals surface area contributed by atoms with Crippen molar-refractivity contribution < 1.29 is 26.4 Å². The molecule has 2 aromatic carbocycles. The Morgan fingerprint density at radius 3 is 2.44 bits per heavy atom. The second-order valence-electron chi connectivity index (χ2n) is 8.69. The lowest BCUT2D eigenvalue weighted by Crippen LogP contribution is -2.27. The van der Waals surface area contributed by atoms with Crippen molar-refractivity contribution in [1.82, 2.24) is 18.6 Å². The zero-order valence-corrected chi connectivity index (χ0v) is 21.7. The van der Waals surface area contributed by atoms with Crippen LogP contribution in [0.25, 0.3) is 11.0 Å². The van der Waals surface area contributed by atoms with Crippen molar-refractivity contribution in [2.45, 2.75) is 55.6 Å². The van der Waals surface area contributed by atoms with E-state index in [2.05, 4.69) is 9.71 Å². The standard InChI is InChI=1S/C24H27F3N4O3S2/c1-4-35(18-8-7-9-19(15-18)36(33,34)30-12-5-6-13-30)29-22(32)17-10-11-21-20(14-17)28-23(24(25,26)27)31(21)16(2)3/h4,7-11,14-16H,5-6,12-13H2,1-3H3,(H,29,32). The van der Waals surface area contributed by atoms with E-state index in [1.165, 1.54) is 28.6 Å². The highest BCUT2D eigenvalue weighted by Gasteiger charge is 2.38. The maximum Gasteiger partial charge on any atom is 0.449 e. The van der Waals surface area contributed by atoms with Crippen LogP contribution < -0.4 is 4.72 Å². The quantitative estimate of drug-likeness (QED) is 0.435. The molecule has 0 aliphatic carbocycles. The normalized spacial score (nSPS) is 16.2. The van der Waals surface area contributed by atoms with Crippen LogP contribution in [0.15, 0.2) is 52.3 Å². The van der Waals surface area contributed by atoms with E-state index in [9.17, 15) is 26.4 Å². The molecule has 1 atom stereocenters. The van der Waals surface area contributed by atoms with Crippen LogP contribution in [-0.4, -0.2) is 46.6 Å². The van der Waals surface area contributed by atoms with Crippen molar-refractivity contribution in [3.8, 4) is 0 Å². The lowest BCUT2D eigenvalue weighted by atomic mass is 10.2. The number of carbonyl (C=O) groups is 1. The molecule has 0 radical (unpaired) electrons. The lowest BCUT2D eigenvalue weighted by molar-refractivity contribution is -0.147. The van der Waals surface area contributed by atoms with Gasteiger partial charge in [-0.15, -0.1) is 0 Å². The van der Waals surface area contributed by atoms with E-state index in [4.69, 9.17) is 0 Å². The predicted molar refractivity (Wildman–Crippen MR) is 135 cm³/mol. The van der Waals surface area contributed by atoms with Crippen LogP contribution in [0.4, 0.5) is 13.2 Å². The van der Waals surface area contributed by atoms with Gasteiger partial charge in [-0.3, -0.25) is 9.52 Å². The number of aromatic nitrogens is 2. The molecule has 1 unspecified atom stereocenters. The van der Waals surface area contributed by atoms with Crippen LogP contribution >= 0.6 is 10.7 Å². The molecular formula is C24H27F3N4O3S2. The molecule has 1 aromatic heterocycles. The number of rotatable bonds is 6. The number of alkyl halides is 3. The van der Waals surface area contributed by atoms with Gasteiger partial charge in [0.1, 0.15) is 0 Å². The Balaban J connectivity index is 1.62. The van der Waals surface area contributed by atoms with E-state index >= 15 is 0 Å². The number of imidazole rings is 1. The number of nitrogens with one attached hydrogen (secondary N) is 1. The number of hydrogen-bond donors (Lipinski definition) is 1. The average Bonchev–Trinajstić information content (AvgIpc) is 3.50. The summed E-state index contributed by atoms with van der Waals surface area (Å²) in [5, 5.41) is 1.74. The second kappa shape index (κ2) is 9.98. The van der Waals surface area contributed by atoms with E-state index in [0.717, 1.165) is 17.4 Å². The number of halogens is 3. The maximum atomic E-state index is 13.5. The molecule has 36 heavy (non-hydrogen) atoms. The fraction of sp³-hybridized carbons (Fsp3) is 0.375. The summed E-state index contributed by atoms with van der Waals surface area (Å²) in [7, 11) is -4.56. The SMILES string of the molecule is C/C=S(/NC(=O)c1ccc2c(c1)nc(C(F)(F)F)n2C(C)C)c1cccc(S(=O)(=O)N2CCCC2)c1. The first kappa shape index (κ1) is 26.4. The molecule has 194 valence electrons. The first-order valence-corrected chi connectivity index (χ1v) is 14.2. The number of benzene rings is 2. The van der Waals surface area contributed by atoms with Gasteiger partial charge in [0.05, 0.1) is 15.9 Å². The van der Waals surface area contributed by atoms with Crippen LogP contribution in [0.3, 0.4) is 0 Å². The Morgan fingerprint density at radius 2 is 1.83 bits per heavy atom. The molecule has 3 aromatic rings. The highest BCUT2D eigenvalue weighted by molar-refractivity contribution is 8.13. The third-order valence-corrected chi connectivity index (χ3v) is 9.46. The average molecular weight is 541 g/mol. The minimum atomic E-state index is -4.63. The van der Waals surface area contributed by atoms with Crippen molar-refractivity contribution in [3.63, 3.8) is 0 Å². The van der Waals surface area contributed by atoms with E-state index < -0.39 is 44.6 Å². The molecule has 0 spiro atoms. The number of fused-ring (bicyclic) bond motifs is 1. The molecule has 1 N–H and O–H groups in total. The van der Waals surface area contributed by atoms with Gasteiger partial charge in [0.25, 0.3) is 5.91 Å². The van der Waals surface area contributed by atoms with Gasteiger partial charge in [-0.2, -0.15) is 17.5 Å². The van der Waals surface area contributed by atoms with E-state index in [-0.39, 0.29) is 21.5 Å². The molecule has 1 fully saturated rings. The van der Waals surface area contributed by atoms with Gasteiger partial charge in [-0.1, -0.05) is 16.7 Å². The third-order valence-electron chi connectivity index (χ3n) is 5.92. The maximum absolute atomic E-state index is 13.5. The molecule has 1 amide bonds. The van der Waals surface area contributed by atoms with E-state index in [0.29, 0.717) is 18.0 Å². The van der Waals surface area contributed by atoms with Gasteiger partial charge in [0.15, 0.2) is 0 Å². The van der Waals surface area contributed by atoms with Crippen molar-refractivity contribution in [2.24, 2.45) is 0 Å². The summed E-state index contributed by atoms with van der Waals surface area (Å²) < 4.78 is 71.9. The van der Waals surface area contributed by atoms with Gasteiger partial charge in [-0.25, -0.2) is 13.4 Å². The number of sulfonamides is 1. The summed E-state index contributed by atoms with van der Waals surface area (Å²) in [6, 6.07) is 10.2. The Labute approximate surface area is 210 Å². The zero-order chi connectivity index (χ0) is 26.3. The highest BCUT2D eigenvalue weighted by atomic mass is 32.2. The molecule has 1 saturated heterocycles.